The van der Waals surface area contributed by atoms with Crippen LogP contribution in [0.4, 0.5) is 10.1 Å². The Kier molecular flexibility index (Phi) is 4.45. The summed E-state index contributed by atoms with van der Waals surface area (Å²) in [5.41, 5.74) is 2.56. The highest BCUT2D eigenvalue weighted by Gasteiger charge is 2.07. The van der Waals surface area contributed by atoms with E-state index >= 15 is 0 Å². The number of hydrogen-bond donors (Lipinski definition) is 2. The molecule has 0 unspecified atom stereocenters. The van der Waals surface area contributed by atoms with Crippen molar-refractivity contribution in [2.45, 2.75) is 20.4 Å². The van der Waals surface area contributed by atoms with Gasteiger partial charge in [0.25, 0.3) is 0 Å². The second-order valence-corrected chi connectivity index (χ2v) is 4.56. The zero-order valence-electron chi connectivity index (χ0n) is 11.6. The molecule has 4 heteroatoms. The third-order valence-electron chi connectivity index (χ3n) is 2.95. The minimum atomic E-state index is -0.336. The quantitative estimate of drug-likeness (QED) is 0.871. The van der Waals surface area contributed by atoms with E-state index < -0.39 is 0 Å². The number of aromatic hydroxyl groups is 1. The molecule has 2 aromatic carbocycles. The molecule has 20 heavy (non-hydrogen) atoms. The van der Waals surface area contributed by atoms with E-state index in [4.69, 9.17) is 4.74 Å². The minimum Gasteiger partial charge on any atom is -0.508 e. The average molecular weight is 275 g/mol. The van der Waals surface area contributed by atoms with Crippen LogP contribution < -0.4 is 10.1 Å². The van der Waals surface area contributed by atoms with Crippen LogP contribution in [0.3, 0.4) is 0 Å². The summed E-state index contributed by atoms with van der Waals surface area (Å²) in [6, 6.07) is 9.78. The van der Waals surface area contributed by atoms with Crippen molar-refractivity contribution in [3.05, 3.63) is 53.3 Å². The van der Waals surface area contributed by atoms with Gasteiger partial charge >= 0.3 is 0 Å². The normalized spacial score (nSPS) is 10.3. The van der Waals surface area contributed by atoms with Gasteiger partial charge in [0.15, 0.2) is 0 Å². The molecule has 0 heterocycles. The Hall–Kier alpha value is -2.23. The predicted octanol–water partition coefficient (Wildman–Crippen LogP) is 3.85. The lowest BCUT2D eigenvalue weighted by Crippen LogP contribution is -2.03. The fourth-order valence-electron chi connectivity index (χ4n) is 1.96. The van der Waals surface area contributed by atoms with Crippen LogP contribution in [0.1, 0.15) is 18.1 Å². The molecule has 0 aliphatic heterocycles. The zero-order valence-corrected chi connectivity index (χ0v) is 11.6. The van der Waals surface area contributed by atoms with Gasteiger partial charge in [-0.1, -0.05) is 17.7 Å². The Morgan fingerprint density at radius 1 is 1.20 bits per heavy atom. The van der Waals surface area contributed by atoms with Gasteiger partial charge in [0.05, 0.1) is 12.3 Å². The topological polar surface area (TPSA) is 41.5 Å². The standard InChI is InChI=1S/C16H18FNO2/c1-3-20-16-9-13(17)5-6-14(16)18-10-12-8-11(2)4-7-15(12)19/h4-9,18-19H,3,10H2,1-2H3. The first-order chi connectivity index (χ1) is 9.60. The van der Waals surface area contributed by atoms with E-state index in [1.165, 1.54) is 12.1 Å². The summed E-state index contributed by atoms with van der Waals surface area (Å²) in [7, 11) is 0. The van der Waals surface area contributed by atoms with Gasteiger partial charge < -0.3 is 15.2 Å². The van der Waals surface area contributed by atoms with E-state index in [9.17, 15) is 9.50 Å². The van der Waals surface area contributed by atoms with Crippen LogP contribution in [-0.4, -0.2) is 11.7 Å². The molecular weight excluding hydrogens is 257 g/mol. The lowest BCUT2D eigenvalue weighted by Gasteiger charge is -2.13. The van der Waals surface area contributed by atoms with Crippen molar-refractivity contribution in [3.63, 3.8) is 0 Å². The maximum absolute atomic E-state index is 13.2. The van der Waals surface area contributed by atoms with E-state index in [1.807, 2.05) is 26.0 Å². The summed E-state index contributed by atoms with van der Waals surface area (Å²) in [4.78, 5) is 0. The van der Waals surface area contributed by atoms with Crippen molar-refractivity contribution < 1.29 is 14.2 Å². The molecule has 0 saturated carbocycles. The van der Waals surface area contributed by atoms with E-state index in [0.29, 0.717) is 24.6 Å². The van der Waals surface area contributed by atoms with E-state index in [2.05, 4.69) is 5.32 Å². The van der Waals surface area contributed by atoms with Crippen molar-refractivity contribution in [1.29, 1.82) is 0 Å². The van der Waals surface area contributed by atoms with Gasteiger partial charge in [-0.05, 0) is 32.0 Å². The second kappa shape index (κ2) is 6.28. The molecule has 0 atom stereocenters. The third kappa shape index (κ3) is 3.41. The van der Waals surface area contributed by atoms with Crippen molar-refractivity contribution >= 4 is 5.69 Å². The number of hydrogen-bond acceptors (Lipinski definition) is 3. The number of phenolic OH excluding ortho intramolecular Hbond substituents is 1. The summed E-state index contributed by atoms with van der Waals surface area (Å²) in [5.74, 6) is 0.375. The van der Waals surface area contributed by atoms with E-state index in [1.54, 1.807) is 12.1 Å². The Morgan fingerprint density at radius 3 is 2.75 bits per heavy atom. The summed E-state index contributed by atoms with van der Waals surface area (Å²) < 4.78 is 18.6. The Morgan fingerprint density at radius 2 is 2.00 bits per heavy atom. The maximum atomic E-state index is 13.2. The predicted molar refractivity (Wildman–Crippen MR) is 77.7 cm³/mol. The monoisotopic (exact) mass is 275 g/mol. The fraction of sp³-hybridized carbons (Fsp3) is 0.250. The SMILES string of the molecule is CCOc1cc(F)ccc1NCc1cc(C)ccc1O. The first kappa shape index (κ1) is 14.2. The molecule has 106 valence electrons. The summed E-state index contributed by atoms with van der Waals surface area (Å²) in [5, 5.41) is 13.0. The largest absolute Gasteiger partial charge is 0.508 e. The molecule has 2 aromatic rings. The van der Waals surface area contributed by atoms with Crippen molar-refractivity contribution in [2.75, 3.05) is 11.9 Å². The van der Waals surface area contributed by atoms with Gasteiger partial charge in [-0.15, -0.1) is 0 Å². The molecule has 2 rings (SSSR count). The number of ether oxygens (including phenoxy) is 1. The summed E-state index contributed by atoms with van der Waals surface area (Å²) in [6.07, 6.45) is 0. The molecule has 0 aliphatic rings. The molecule has 0 spiro atoms. The van der Waals surface area contributed by atoms with Crippen LogP contribution in [0.15, 0.2) is 36.4 Å². The summed E-state index contributed by atoms with van der Waals surface area (Å²) in [6.45, 7) is 4.72. The number of aryl methyl sites for hydroxylation is 1. The van der Waals surface area contributed by atoms with E-state index in [0.717, 1.165) is 11.1 Å². The molecule has 0 saturated heterocycles. The van der Waals surface area contributed by atoms with Crippen molar-refractivity contribution in [3.8, 4) is 11.5 Å². The highest BCUT2D eigenvalue weighted by Crippen LogP contribution is 2.27. The van der Waals surface area contributed by atoms with Gasteiger partial charge in [0, 0.05) is 18.2 Å². The lowest BCUT2D eigenvalue weighted by atomic mass is 10.1. The average Bonchev–Trinajstić information content (AvgIpc) is 2.42. The number of phenols is 1. The molecule has 2 N–H and O–H groups in total. The van der Waals surface area contributed by atoms with Crippen LogP contribution in [0.5, 0.6) is 11.5 Å². The third-order valence-corrected chi connectivity index (χ3v) is 2.95. The summed E-state index contributed by atoms with van der Waals surface area (Å²) >= 11 is 0. The smallest absolute Gasteiger partial charge is 0.145 e. The first-order valence-corrected chi connectivity index (χ1v) is 6.55. The molecule has 0 radical (unpaired) electrons. The fourth-order valence-corrected chi connectivity index (χ4v) is 1.96. The number of anilines is 1. The van der Waals surface area contributed by atoms with Crippen molar-refractivity contribution in [2.24, 2.45) is 0 Å². The molecule has 0 amide bonds. The highest BCUT2D eigenvalue weighted by molar-refractivity contribution is 5.57. The minimum absolute atomic E-state index is 0.239. The molecular formula is C16H18FNO2. The van der Waals surface area contributed by atoms with Gasteiger partial charge in [0.2, 0.25) is 0 Å². The molecule has 0 aliphatic carbocycles. The van der Waals surface area contributed by atoms with Crippen LogP contribution >= 0.6 is 0 Å². The number of rotatable bonds is 5. The van der Waals surface area contributed by atoms with Gasteiger partial charge in [-0.3, -0.25) is 0 Å². The molecule has 0 aromatic heterocycles. The molecule has 0 fully saturated rings. The van der Waals surface area contributed by atoms with Crippen LogP contribution in [0, 0.1) is 12.7 Å². The number of benzene rings is 2. The van der Waals surface area contributed by atoms with Crippen LogP contribution in [0.2, 0.25) is 0 Å². The number of halogens is 1. The van der Waals surface area contributed by atoms with Gasteiger partial charge in [-0.2, -0.15) is 0 Å². The van der Waals surface area contributed by atoms with E-state index in [-0.39, 0.29) is 11.6 Å². The second-order valence-electron chi connectivity index (χ2n) is 4.56. The Balaban J connectivity index is 2.16. The molecule has 0 bridgehead atoms. The number of nitrogens with one attached hydrogen (secondary N) is 1. The molecule has 3 nitrogen and oxygen atoms in total. The van der Waals surface area contributed by atoms with Crippen molar-refractivity contribution in [1.82, 2.24) is 0 Å². The highest BCUT2D eigenvalue weighted by atomic mass is 19.1. The lowest BCUT2D eigenvalue weighted by molar-refractivity contribution is 0.339. The first-order valence-electron chi connectivity index (χ1n) is 6.55. The maximum Gasteiger partial charge on any atom is 0.145 e. The van der Waals surface area contributed by atoms with Gasteiger partial charge in [0.1, 0.15) is 17.3 Å². The van der Waals surface area contributed by atoms with Crippen LogP contribution in [-0.2, 0) is 6.54 Å². The zero-order chi connectivity index (χ0) is 14.5. The van der Waals surface area contributed by atoms with Gasteiger partial charge in [-0.25, -0.2) is 4.39 Å². The Bertz CT molecular complexity index is 599. The van der Waals surface area contributed by atoms with Crippen LogP contribution in [0.25, 0.3) is 0 Å². The Labute approximate surface area is 118 Å².